The van der Waals surface area contributed by atoms with E-state index >= 15 is 0 Å². The molecule has 19 heavy (non-hydrogen) atoms. The first kappa shape index (κ1) is 11.9. The zero-order valence-corrected chi connectivity index (χ0v) is 10.6. The Morgan fingerprint density at radius 1 is 1.47 bits per heavy atom. The monoisotopic (exact) mass is 259 g/mol. The second-order valence-electron chi connectivity index (χ2n) is 4.82. The van der Waals surface area contributed by atoms with Crippen LogP contribution in [0.3, 0.4) is 0 Å². The van der Waals surface area contributed by atoms with Gasteiger partial charge in [-0.05, 0) is 43.5 Å². The van der Waals surface area contributed by atoms with Crippen molar-refractivity contribution in [3.63, 3.8) is 0 Å². The summed E-state index contributed by atoms with van der Waals surface area (Å²) in [5.41, 5.74) is 1.53. The van der Waals surface area contributed by atoms with E-state index < -0.39 is 5.82 Å². The second-order valence-corrected chi connectivity index (χ2v) is 4.82. The summed E-state index contributed by atoms with van der Waals surface area (Å²) < 4.78 is 15.5. The SMILES string of the molecule is Cc1cc(F)c(C(=O)NC2CC2)cc1-n1cccn1. The van der Waals surface area contributed by atoms with Crippen molar-refractivity contribution >= 4 is 5.91 Å². The van der Waals surface area contributed by atoms with Crippen molar-refractivity contribution in [3.8, 4) is 5.69 Å². The summed E-state index contributed by atoms with van der Waals surface area (Å²) in [6.45, 7) is 1.79. The van der Waals surface area contributed by atoms with Crippen molar-refractivity contribution in [2.75, 3.05) is 0 Å². The minimum atomic E-state index is -0.494. The Labute approximate surface area is 110 Å². The molecule has 1 aromatic carbocycles. The van der Waals surface area contributed by atoms with E-state index in [0.717, 1.165) is 18.4 Å². The molecule has 0 radical (unpaired) electrons. The van der Waals surface area contributed by atoms with Gasteiger partial charge < -0.3 is 5.32 Å². The number of nitrogens with zero attached hydrogens (tertiary/aromatic N) is 2. The molecule has 1 N–H and O–H groups in total. The van der Waals surface area contributed by atoms with Gasteiger partial charge in [0.25, 0.3) is 5.91 Å². The summed E-state index contributed by atoms with van der Waals surface area (Å²) in [5, 5.41) is 6.91. The van der Waals surface area contributed by atoms with Gasteiger partial charge in [-0.3, -0.25) is 4.79 Å². The third-order valence-electron chi connectivity index (χ3n) is 3.19. The molecule has 0 aliphatic heterocycles. The predicted molar refractivity (Wildman–Crippen MR) is 68.7 cm³/mol. The van der Waals surface area contributed by atoms with Crippen LogP contribution in [0, 0.1) is 12.7 Å². The number of benzene rings is 1. The third kappa shape index (κ3) is 2.36. The van der Waals surface area contributed by atoms with Crippen LogP contribution in [-0.4, -0.2) is 21.7 Å². The molecule has 1 heterocycles. The first-order valence-corrected chi connectivity index (χ1v) is 6.26. The number of amides is 1. The molecular formula is C14H14FN3O. The zero-order chi connectivity index (χ0) is 13.4. The van der Waals surface area contributed by atoms with Crippen LogP contribution in [0.4, 0.5) is 4.39 Å². The van der Waals surface area contributed by atoms with E-state index in [-0.39, 0.29) is 17.5 Å². The quantitative estimate of drug-likeness (QED) is 0.918. The maximum atomic E-state index is 13.9. The summed E-state index contributed by atoms with van der Waals surface area (Å²) in [5.74, 6) is -0.847. The number of halogens is 1. The normalized spacial score (nSPS) is 14.4. The average molecular weight is 259 g/mol. The summed E-state index contributed by atoms with van der Waals surface area (Å²) in [7, 11) is 0. The molecule has 1 aliphatic carbocycles. The molecule has 1 aromatic heterocycles. The number of nitrogens with one attached hydrogen (secondary N) is 1. The molecule has 98 valence electrons. The molecular weight excluding hydrogens is 245 g/mol. The van der Waals surface area contributed by atoms with E-state index in [4.69, 9.17) is 0 Å². The topological polar surface area (TPSA) is 46.9 Å². The fourth-order valence-electron chi connectivity index (χ4n) is 1.98. The smallest absolute Gasteiger partial charge is 0.254 e. The highest BCUT2D eigenvalue weighted by Gasteiger charge is 2.25. The molecule has 1 aliphatic rings. The van der Waals surface area contributed by atoms with Gasteiger partial charge in [0.1, 0.15) is 5.82 Å². The Morgan fingerprint density at radius 3 is 2.89 bits per heavy atom. The van der Waals surface area contributed by atoms with E-state index in [0.29, 0.717) is 5.69 Å². The summed E-state index contributed by atoms with van der Waals surface area (Å²) in [4.78, 5) is 12.0. The number of carbonyl (C=O) groups is 1. The van der Waals surface area contributed by atoms with Crippen molar-refractivity contribution in [3.05, 3.63) is 47.5 Å². The van der Waals surface area contributed by atoms with E-state index in [1.54, 1.807) is 36.1 Å². The van der Waals surface area contributed by atoms with Crippen LogP contribution in [0.15, 0.2) is 30.6 Å². The van der Waals surface area contributed by atoms with Crippen LogP contribution in [0.5, 0.6) is 0 Å². The van der Waals surface area contributed by atoms with Gasteiger partial charge in [0.15, 0.2) is 0 Å². The van der Waals surface area contributed by atoms with Crippen LogP contribution >= 0.6 is 0 Å². The van der Waals surface area contributed by atoms with Gasteiger partial charge in [0.2, 0.25) is 0 Å². The second kappa shape index (κ2) is 4.50. The zero-order valence-electron chi connectivity index (χ0n) is 10.6. The van der Waals surface area contributed by atoms with Gasteiger partial charge in [-0.15, -0.1) is 0 Å². The van der Waals surface area contributed by atoms with E-state index in [1.165, 1.54) is 6.07 Å². The molecule has 0 bridgehead atoms. The molecule has 1 fully saturated rings. The van der Waals surface area contributed by atoms with Crippen molar-refractivity contribution in [1.82, 2.24) is 15.1 Å². The van der Waals surface area contributed by atoms with Crippen LogP contribution in [0.1, 0.15) is 28.8 Å². The van der Waals surface area contributed by atoms with Gasteiger partial charge in [-0.25, -0.2) is 9.07 Å². The number of carbonyl (C=O) groups excluding carboxylic acids is 1. The highest BCUT2D eigenvalue weighted by atomic mass is 19.1. The number of hydrogen-bond donors (Lipinski definition) is 1. The van der Waals surface area contributed by atoms with Gasteiger partial charge >= 0.3 is 0 Å². The minimum Gasteiger partial charge on any atom is -0.349 e. The molecule has 4 nitrogen and oxygen atoms in total. The number of rotatable bonds is 3. The van der Waals surface area contributed by atoms with Gasteiger partial charge in [0, 0.05) is 18.4 Å². The molecule has 0 saturated heterocycles. The Morgan fingerprint density at radius 2 is 2.26 bits per heavy atom. The molecule has 3 rings (SSSR count). The molecule has 0 atom stereocenters. The Hall–Kier alpha value is -2.17. The standard InChI is InChI=1S/C14H14FN3O/c1-9-7-12(15)11(14(19)17-10-3-4-10)8-13(9)18-6-2-5-16-18/h2,5-8,10H,3-4H2,1H3,(H,17,19). The van der Waals surface area contributed by atoms with E-state index in [1.807, 2.05) is 0 Å². The summed E-state index contributed by atoms with van der Waals surface area (Å²) in [6, 6.07) is 4.92. The van der Waals surface area contributed by atoms with E-state index in [9.17, 15) is 9.18 Å². The van der Waals surface area contributed by atoms with Crippen molar-refractivity contribution in [2.45, 2.75) is 25.8 Å². The largest absolute Gasteiger partial charge is 0.349 e. The number of aryl methyl sites for hydroxylation is 1. The van der Waals surface area contributed by atoms with E-state index in [2.05, 4.69) is 10.4 Å². The maximum absolute atomic E-state index is 13.9. The highest BCUT2D eigenvalue weighted by molar-refractivity contribution is 5.95. The number of hydrogen-bond acceptors (Lipinski definition) is 2. The van der Waals surface area contributed by atoms with Crippen molar-refractivity contribution in [1.29, 1.82) is 0 Å². The summed E-state index contributed by atoms with van der Waals surface area (Å²) >= 11 is 0. The third-order valence-corrected chi connectivity index (χ3v) is 3.19. The molecule has 2 aromatic rings. The van der Waals surface area contributed by atoms with Crippen molar-refractivity contribution in [2.24, 2.45) is 0 Å². The maximum Gasteiger partial charge on any atom is 0.254 e. The molecule has 5 heteroatoms. The first-order valence-electron chi connectivity index (χ1n) is 6.26. The van der Waals surface area contributed by atoms with Crippen LogP contribution in [-0.2, 0) is 0 Å². The highest BCUT2D eigenvalue weighted by Crippen LogP contribution is 2.22. The van der Waals surface area contributed by atoms with Crippen LogP contribution < -0.4 is 5.32 Å². The van der Waals surface area contributed by atoms with Gasteiger partial charge in [-0.2, -0.15) is 5.10 Å². The first-order chi connectivity index (χ1) is 9.15. The minimum absolute atomic E-state index is 0.0722. The fraction of sp³-hybridized carbons (Fsp3) is 0.286. The lowest BCUT2D eigenvalue weighted by atomic mass is 10.1. The lowest BCUT2D eigenvalue weighted by molar-refractivity contribution is 0.0947. The Kier molecular flexibility index (Phi) is 2.81. The average Bonchev–Trinajstić information content (AvgIpc) is 3.01. The van der Waals surface area contributed by atoms with Crippen LogP contribution in [0.25, 0.3) is 5.69 Å². The molecule has 1 amide bonds. The lowest BCUT2D eigenvalue weighted by Gasteiger charge is -2.10. The predicted octanol–water partition coefficient (Wildman–Crippen LogP) is 2.21. The molecule has 0 unspecified atom stereocenters. The lowest BCUT2D eigenvalue weighted by Crippen LogP contribution is -2.26. The van der Waals surface area contributed by atoms with Crippen molar-refractivity contribution < 1.29 is 9.18 Å². The Bertz CT molecular complexity index is 618. The van der Waals surface area contributed by atoms with Gasteiger partial charge in [-0.1, -0.05) is 0 Å². The molecule has 1 saturated carbocycles. The molecule has 0 spiro atoms. The fourth-order valence-corrected chi connectivity index (χ4v) is 1.98. The Balaban J connectivity index is 1.99. The van der Waals surface area contributed by atoms with Gasteiger partial charge in [0.05, 0.1) is 11.3 Å². The number of aromatic nitrogens is 2. The van der Waals surface area contributed by atoms with Crippen LogP contribution in [0.2, 0.25) is 0 Å². The summed E-state index contributed by atoms with van der Waals surface area (Å²) in [6.07, 6.45) is 5.37.